The van der Waals surface area contributed by atoms with Gasteiger partial charge in [0, 0.05) is 43.9 Å². The first-order valence-corrected chi connectivity index (χ1v) is 8.73. The minimum atomic E-state index is -0.0514. The second-order valence-corrected chi connectivity index (χ2v) is 6.91. The van der Waals surface area contributed by atoms with Crippen LogP contribution in [0.5, 0.6) is 0 Å². The number of piperazine rings is 1. The van der Waals surface area contributed by atoms with E-state index in [2.05, 4.69) is 9.88 Å². The molecule has 0 saturated carbocycles. The van der Waals surface area contributed by atoms with E-state index in [9.17, 15) is 4.79 Å². The van der Waals surface area contributed by atoms with Crippen molar-refractivity contribution < 1.29 is 4.79 Å². The standard InChI is InChI=1S/C17H16Cl3N3O/c18-13-2-3-14(15(19)9-13)17(24)23-7-5-22(6-8-23)11-12-1-4-16(20)21-10-12/h1-4,9-10H,5-8,11H2. The Morgan fingerprint density at radius 1 is 1.04 bits per heavy atom. The van der Waals surface area contributed by atoms with Gasteiger partial charge in [0.15, 0.2) is 0 Å². The second-order valence-electron chi connectivity index (χ2n) is 5.68. The number of carbonyl (C=O) groups is 1. The number of halogens is 3. The lowest BCUT2D eigenvalue weighted by atomic mass is 10.1. The average molecular weight is 385 g/mol. The van der Waals surface area contributed by atoms with Gasteiger partial charge in [-0.05, 0) is 29.8 Å². The first-order valence-electron chi connectivity index (χ1n) is 7.60. The molecule has 126 valence electrons. The van der Waals surface area contributed by atoms with Crippen molar-refractivity contribution in [2.75, 3.05) is 26.2 Å². The summed E-state index contributed by atoms with van der Waals surface area (Å²) in [5.41, 5.74) is 1.61. The third-order valence-electron chi connectivity index (χ3n) is 4.02. The zero-order valence-corrected chi connectivity index (χ0v) is 15.2. The molecule has 1 aliphatic heterocycles. The molecule has 0 aliphatic carbocycles. The van der Waals surface area contributed by atoms with Crippen LogP contribution in [0.25, 0.3) is 0 Å². The predicted octanol–water partition coefficient (Wildman–Crippen LogP) is 4.00. The molecule has 0 N–H and O–H groups in total. The highest BCUT2D eigenvalue weighted by atomic mass is 35.5. The van der Waals surface area contributed by atoms with Crippen LogP contribution < -0.4 is 0 Å². The van der Waals surface area contributed by atoms with Gasteiger partial charge in [-0.2, -0.15) is 0 Å². The van der Waals surface area contributed by atoms with Crippen molar-refractivity contribution in [2.24, 2.45) is 0 Å². The van der Waals surface area contributed by atoms with Crippen LogP contribution >= 0.6 is 34.8 Å². The Morgan fingerprint density at radius 2 is 1.79 bits per heavy atom. The van der Waals surface area contributed by atoms with Gasteiger partial charge in [0.1, 0.15) is 5.15 Å². The van der Waals surface area contributed by atoms with Gasteiger partial charge >= 0.3 is 0 Å². The van der Waals surface area contributed by atoms with Gasteiger partial charge in [-0.15, -0.1) is 0 Å². The number of hydrogen-bond donors (Lipinski definition) is 0. The minimum Gasteiger partial charge on any atom is -0.336 e. The largest absolute Gasteiger partial charge is 0.336 e. The van der Waals surface area contributed by atoms with Crippen molar-refractivity contribution in [3.05, 3.63) is 62.9 Å². The predicted molar refractivity (Wildman–Crippen MR) is 96.9 cm³/mol. The molecule has 1 amide bonds. The van der Waals surface area contributed by atoms with E-state index in [-0.39, 0.29) is 5.91 Å². The normalized spacial score (nSPS) is 15.5. The number of benzene rings is 1. The molecule has 0 atom stereocenters. The van der Waals surface area contributed by atoms with Crippen LogP contribution in [-0.4, -0.2) is 46.9 Å². The van der Waals surface area contributed by atoms with Crippen LogP contribution in [0.1, 0.15) is 15.9 Å². The van der Waals surface area contributed by atoms with Gasteiger partial charge in [0.25, 0.3) is 5.91 Å². The van der Waals surface area contributed by atoms with Crippen molar-refractivity contribution in [3.8, 4) is 0 Å². The highest BCUT2D eigenvalue weighted by Gasteiger charge is 2.23. The van der Waals surface area contributed by atoms with Gasteiger partial charge in [-0.3, -0.25) is 9.69 Å². The first-order chi connectivity index (χ1) is 11.5. The van der Waals surface area contributed by atoms with E-state index in [0.29, 0.717) is 33.9 Å². The molecule has 1 aliphatic rings. The number of hydrogen-bond acceptors (Lipinski definition) is 3. The zero-order chi connectivity index (χ0) is 17.1. The summed E-state index contributed by atoms with van der Waals surface area (Å²) >= 11 is 17.8. The molecule has 2 heterocycles. The van der Waals surface area contributed by atoms with Crippen molar-refractivity contribution in [1.82, 2.24) is 14.8 Å². The fourth-order valence-corrected chi connectivity index (χ4v) is 3.30. The molecule has 1 saturated heterocycles. The molecule has 7 heteroatoms. The first kappa shape index (κ1) is 17.5. The van der Waals surface area contributed by atoms with Crippen molar-refractivity contribution >= 4 is 40.7 Å². The molecular weight excluding hydrogens is 369 g/mol. The fourth-order valence-electron chi connectivity index (χ4n) is 2.70. The van der Waals surface area contributed by atoms with Crippen LogP contribution in [-0.2, 0) is 6.54 Å². The van der Waals surface area contributed by atoms with Crippen LogP contribution in [0.4, 0.5) is 0 Å². The lowest BCUT2D eigenvalue weighted by Gasteiger charge is -2.34. The summed E-state index contributed by atoms with van der Waals surface area (Å²) in [6.07, 6.45) is 1.79. The van der Waals surface area contributed by atoms with Gasteiger partial charge < -0.3 is 4.90 Å². The molecule has 2 aromatic rings. The third-order valence-corrected chi connectivity index (χ3v) is 4.79. The molecule has 0 radical (unpaired) electrons. The number of carbonyl (C=O) groups excluding carboxylic acids is 1. The lowest BCUT2D eigenvalue weighted by molar-refractivity contribution is 0.0628. The van der Waals surface area contributed by atoms with Gasteiger partial charge in [-0.25, -0.2) is 4.98 Å². The molecule has 1 aromatic heterocycles. The topological polar surface area (TPSA) is 36.4 Å². The number of pyridine rings is 1. The minimum absolute atomic E-state index is 0.0514. The number of nitrogens with zero attached hydrogens (tertiary/aromatic N) is 3. The van der Waals surface area contributed by atoms with Gasteiger partial charge in [-0.1, -0.05) is 40.9 Å². The Morgan fingerprint density at radius 3 is 2.42 bits per heavy atom. The van der Waals surface area contributed by atoms with Crippen LogP contribution in [0, 0.1) is 0 Å². The van der Waals surface area contributed by atoms with Crippen LogP contribution in [0.2, 0.25) is 15.2 Å². The van der Waals surface area contributed by atoms with E-state index in [1.165, 1.54) is 0 Å². The fraction of sp³-hybridized carbons (Fsp3) is 0.294. The van der Waals surface area contributed by atoms with E-state index < -0.39 is 0 Å². The molecule has 24 heavy (non-hydrogen) atoms. The molecule has 1 aromatic carbocycles. The van der Waals surface area contributed by atoms with Gasteiger partial charge in [0.05, 0.1) is 10.6 Å². The maximum absolute atomic E-state index is 12.6. The van der Waals surface area contributed by atoms with E-state index in [0.717, 1.165) is 25.2 Å². The lowest BCUT2D eigenvalue weighted by Crippen LogP contribution is -2.48. The van der Waals surface area contributed by atoms with E-state index in [1.54, 1.807) is 30.5 Å². The quantitative estimate of drug-likeness (QED) is 0.751. The highest BCUT2D eigenvalue weighted by molar-refractivity contribution is 6.36. The highest BCUT2D eigenvalue weighted by Crippen LogP contribution is 2.23. The maximum Gasteiger partial charge on any atom is 0.255 e. The average Bonchev–Trinajstić information content (AvgIpc) is 2.57. The van der Waals surface area contributed by atoms with E-state index in [4.69, 9.17) is 34.8 Å². The summed E-state index contributed by atoms with van der Waals surface area (Å²) in [5.74, 6) is -0.0514. The summed E-state index contributed by atoms with van der Waals surface area (Å²) in [6.45, 7) is 3.74. The number of amides is 1. The van der Waals surface area contributed by atoms with Crippen molar-refractivity contribution in [3.63, 3.8) is 0 Å². The van der Waals surface area contributed by atoms with Gasteiger partial charge in [0.2, 0.25) is 0 Å². The molecule has 0 unspecified atom stereocenters. The zero-order valence-electron chi connectivity index (χ0n) is 12.9. The maximum atomic E-state index is 12.6. The SMILES string of the molecule is O=C(c1ccc(Cl)cc1Cl)N1CCN(Cc2ccc(Cl)nc2)CC1. The number of rotatable bonds is 3. The second kappa shape index (κ2) is 7.70. The van der Waals surface area contributed by atoms with E-state index in [1.807, 2.05) is 11.0 Å². The molecular formula is C17H16Cl3N3O. The Balaban J connectivity index is 1.58. The Labute approximate surface area is 155 Å². The number of aromatic nitrogens is 1. The van der Waals surface area contributed by atoms with E-state index >= 15 is 0 Å². The van der Waals surface area contributed by atoms with Crippen LogP contribution in [0.15, 0.2) is 36.5 Å². The smallest absolute Gasteiger partial charge is 0.255 e. The Hall–Kier alpha value is -1.33. The van der Waals surface area contributed by atoms with Crippen molar-refractivity contribution in [1.29, 1.82) is 0 Å². The summed E-state index contributed by atoms with van der Waals surface area (Å²) < 4.78 is 0. The van der Waals surface area contributed by atoms with Crippen LogP contribution in [0.3, 0.4) is 0 Å². The molecule has 3 rings (SSSR count). The molecule has 1 fully saturated rings. The third kappa shape index (κ3) is 4.19. The molecule has 0 spiro atoms. The summed E-state index contributed by atoms with van der Waals surface area (Å²) in [5, 5.41) is 1.41. The summed E-state index contributed by atoms with van der Waals surface area (Å²) in [6, 6.07) is 8.73. The summed E-state index contributed by atoms with van der Waals surface area (Å²) in [4.78, 5) is 20.8. The summed E-state index contributed by atoms with van der Waals surface area (Å²) in [7, 11) is 0. The van der Waals surface area contributed by atoms with Crippen molar-refractivity contribution in [2.45, 2.75) is 6.54 Å². The molecule has 0 bridgehead atoms. The Kier molecular flexibility index (Phi) is 5.61. The monoisotopic (exact) mass is 383 g/mol. The molecule has 4 nitrogen and oxygen atoms in total. The Bertz CT molecular complexity index is 728.